The molecule has 3 aromatic rings. The van der Waals surface area contributed by atoms with E-state index < -0.39 is 6.04 Å². The zero-order valence-electron chi connectivity index (χ0n) is 31.8. The number of hydrogen-bond donors (Lipinski definition) is 2. The molecule has 0 unspecified atom stereocenters. The van der Waals surface area contributed by atoms with E-state index in [0.29, 0.717) is 44.9 Å². The van der Waals surface area contributed by atoms with Crippen molar-refractivity contribution in [3.8, 4) is 0 Å². The molecule has 10 nitrogen and oxygen atoms in total. The second-order valence-corrected chi connectivity index (χ2v) is 16.1. The number of likely N-dealkylation sites (tertiary alicyclic amines) is 2. The fourth-order valence-electron chi connectivity index (χ4n) is 9.51. The summed E-state index contributed by atoms with van der Waals surface area (Å²) in [5.41, 5.74) is 7.34. The Morgan fingerprint density at radius 3 is 2.13 bits per heavy atom. The van der Waals surface area contributed by atoms with Gasteiger partial charge in [0.2, 0.25) is 5.91 Å². The predicted octanol–water partition coefficient (Wildman–Crippen LogP) is 5.55. The van der Waals surface area contributed by atoms with Crippen LogP contribution in [0.5, 0.6) is 0 Å². The summed E-state index contributed by atoms with van der Waals surface area (Å²) in [6.07, 6.45) is 9.30. The maximum Gasteiger partial charge on any atom is 0.322 e. The van der Waals surface area contributed by atoms with Gasteiger partial charge in [-0.3, -0.25) is 14.6 Å². The van der Waals surface area contributed by atoms with Crippen molar-refractivity contribution < 1.29 is 14.4 Å². The number of rotatable bonds is 8. The number of urea groups is 2. The van der Waals surface area contributed by atoms with Gasteiger partial charge in [-0.25, -0.2) is 9.59 Å². The number of piperidine rings is 2. The van der Waals surface area contributed by atoms with E-state index in [-0.39, 0.29) is 24.0 Å². The second kappa shape index (κ2) is 16.9. The number of fused-ring (bicyclic) bond motifs is 2. The number of anilines is 1. The fraction of sp³-hybridized carbons (Fsp3) is 0.523. The molecule has 3 saturated heterocycles. The Morgan fingerprint density at radius 1 is 0.667 bits per heavy atom. The molecular weight excluding hydrogens is 675 g/mol. The first-order valence-corrected chi connectivity index (χ1v) is 20.6. The second-order valence-electron chi connectivity index (χ2n) is 16.1. The Labute approximate surface area is 320 Å². The highest BCUT2D eigenvalue weighted by Crippen LogP contribution is 2.27. The van der Waals surface area contributed by atoms with Crippen molar-refractivity contribution in [3.05, 3.63) is 101 Å². The van der Waals surface area contributed by atoms with Crippen LogP contribution in [-0.2, 0) is 37.0 Å². The van der Waals surface area contributed by atoms with Crippen LogP contribution < -0.4 is 10.6 Å². The quantitative estimate of drug-likeness (QED) is 0.317. The Kier molecular flexibility index (Phi) is 11.5. The highest BCUT2D eigenvalue weighted by atomic mass is 16.2. The number of piperazine rings is 1. The van der Waals surface area contributed by atoms with E-state index in [1.807, 2.05) is 32.9 Å². The summed E-state index contributed by atoms with van der Waals surface area (Å²) in [6.45, 7) is 8.48. The van der Waals surface area contributed by atoms with Gasteiger partial charge in [0.05, 0.1) is 0 Å². The van der Waals surface area contributed by atoms with Crippen molar-refractivity contribution in [2.75, 3.05) is 64.2 Å². The molecule has 286 valence electrons. The lowest BCUT2D eigenvalue weighted by atomic mass is 9.89. The van der Waals surface area contributed by atoms with Crippen LogP contribution in [0.4, 0.5) is 15.3 Å². The third-order valence-electron chi connectivity index (χ3n) is 12.7. The zero-order valence-corrected chi connectivity index (χ0v) is 31.8. The van der Waals surface area contributed by atoms with Gasteiger partial charge in [-0.05, 0) is 91.7 Å². The van der Waals surface area contributed by atoms with Crippen LogP contribution in [0.25, 0.3) is 0 Å². The molecule has 3 fully saturated rings. The molecule has 0 radical (unpaired) electrons. The van der Waals surface area contributed by atoms with Gasteiger partial charge in [-0.15, -0.1) is 0 Å². The highest BCUT2D eigenvalue weighted by molar-refractivity contribution is 5.91. The van der Waals surface area contributed by atoms with Crippen LogP contribution in [0.2, 0.25) is 0 Å². The third kappa shape index (κ3) is 8.60. The van der Waals surface area contributed by atoms with Crippen molar-refractivity contribution >= 4 is 23.7 Å². The highest BCUT2D eigenvalue weighted by Gasteiger charge is 2.35. The molecule has 0 aromatic heterocycles. The van der Waals surface area contributed by atoms with Gasteiger partial charge >= 0.3 is 12.1 Å². The Balaban J connectivity index is 0.871. The maximum absolute atomic E-state index is 14.4. The summed E-state index contributed by atoms with van der Waals surface area (Å²) in [6, 6.07) is 25.1. The SMILES string of the molecule is O=C(N[C@H](Cc1ccc2c(c1)CCCC2)C(=O)N1CCC(N2CCN(Cc3ccccc3)CC2)CC1)N1CCC(N2CCc3ccccc3NC2=O)CC1. The van der Waals surface area contributed by atoms with Crippen LogP contribution in [0.1, 0.15) is 66.3 Å². The van der Waals surface area contributed by atoms with Gasteiger partial charge in [0.15, 0.2) is 0 Å². The number of aryl methyl sites for hydroxylation is 2. The van der Waals surface area contributed by atoms with Gasteiger partial charge in [-0.2, -0.15) is 0 Å². The van der Waals surface area contributed by atoms with Crippen LogP contribution in [-0.4, -0.2) is 119 Å². The van der Waals surface area contributed by atoms with Crippen molar-refractivity contribution in [3.63, 3.8) is 0 Å². The Morgan fingerprint density at radius 2 is 1.35 bits per heavy atom. The molecule has 54 heavy (non-hydrogen) atoms. The molecule has 1 atom stereocenters. The van der Waals surface area contributed by atoms with Crippen LogP contribution in [0.3, 0.4) is 0 Å². The van der Waals surface area contributed by atoms with Crippen LogP contribution in [0.15, 0.2) is 72.8 Å². The van der Waals surface area contributed by atoms with E-state index in [9.17, 15) is 14.4 Å². The number of nitrogens with one attached hydrogen (secondary N) is 2. The summed E-state index contributed by atoms with van der Waals surface area (Å²) in [5.74, 6) is 0.0305. The first-order chi connectivity index (χ1) is 26.5. The minimum atomic E-state index is -0.621. The molecule has 2 N–H and O–H groups in total. The normalized spacial score (nSPS) is 21.1. The lowest BCUT2D eigenvalue weighted by molar-refractivity contribution is -0.135. The summed E-state index contributed by atoms with van der Waals surface area (Å²) in [7, 11) is 0. The van der Waals surface area contributed by atoms with Gasteiger partial charge in [0.25, 0.3) is 0 Å². The minimum Gasteiger partial charge on any atom is -0.341 e. The third-order valence-corrected chi connectivity index (χ3v) is 12.7. The zero-order chi connectivity index (χ0) is 36.9. The average Bonchev–Trinajstić information content (AvgIpc) is 3.39. The molecule has 5 amide bonds. The predicted molar refractivity (Wildman–Crippen MR) is 212 cm³/mol. The van der Waals surface area contributed by atoms with Crippen LogP contribution >= 0.6 is 0 Å². The molecule has 3 aromatic carbocycles. The molecule has 4 heterocycles. The first kappa shape index (κ1) is 36.6. The molecule has 0 spiro atoms. The number of carbonyl (C=O) groups is 3. The van der Waals surface area contributed by atoms with E-state index in [4.69, 9.17) is 0 Å². The smallest absolute Gasteiger partial charge is 0.322 e. The van der Waals surface area contributed by atoms with Gasteiger partial charge in [0, 0.05) is 89.6 Å². The summed E-state index contributed by atoms with van der Waals surface area (Å²) in [4.78, 5) is 52.4. The molecule has 1 aliphatic carbocycles. The van der Waals surface area contributed by atoms with E-state index in [2.05, 4.69) is 75.0 Å². The Bertz CT molecular complexity index is 1760. The average molecular weight is 732 g/mol. The fourth-order valence-corrected chi connectivity index (χ4v) is 9.51. The van der Waals surface area contributed by atoms with E-state index >= 15 is 0 Å². The number of para-hydroxylation sites is 1. The number of amides is 5. The summed E-state index contributed by atoms with van der Waals surface area (Å²) in [5, 5.41) is 6.32. The molecular formula is C44H57N7O3. The first-order valence-electron chi connectivity index (χ1n) is 20.6. The topological polar surface area (TPSA) is 91.5 Å². The summed E-state index contributed by atoms with van der Waals surface area (Å²) >= 11 is 0. The molecule has 5 aliphatic rings. The lowest BCUT2D eigenvalue weighted by Gasteiger charge is -2.43. The van der Waals surface area contributed by atoms with Crippen LogP contribution in [0, 0.1) is 0 Å². The van der Waals surface area contributed by atoms with E-state index in [1.54, 1.807) is 0 Å². The largest absolute Gasteiger partial charge is 0.341 e. The van der Waals surface area contributed by atoms with Gasteiger partial charge in [0.1, 0.15) is 6.04 Å². The molecule has 4 aliphatic heterocycles. The molecule has 10 heteroatoms. The van der Waals surface area contributed by atoms with E-state index in [1.165, 1.54) is 29.5 Å². The molecule has 8 rings (SSSR count). The van der Waals surface area contributed by atoms with Crippen molar-refractivity contribution in [2.24, 2.45) is 0 Å². The minimum absolute atomic E-state index is 0.0305. The van der Waals surface area contributed by atoms with Crippen molar-refractivity contribution in [2.45, 2.75) is 88.9 Å². The van der Waals surface area contributed by atoms with Crippen molar-refractivity contribution in [1.82, 2.24) is 29.8 Å². The maximum atomic E-state index is 14.4. The lowest BCUT2D eigenvalue weighted by Crippen LogP contribution is -2.58. The van der Waals surface area contributed by atoms with Gasteiger partial charge in [-0.1, -0.05) is 66.7 Å². The van der Waals surface area contributed by atoms with Crippen molar-refractivity contribution in [1.29, 1.82) is 0 Å². The van der Waals surface area contributed by atoms with E-state index in [0.717, 1.165) is 94.7 Å². The molecule has 0 saturated carbocycles. The number of nitrogens with zero attached hydrogens (tertiary/aromatic N) is 5. The monoisotopic (exact) mass is 731 g/mol. The van der Waals surface area contributed by atoms with Gasteiger partial charge < -0.3 is 25.3 Å². The molecule has 0 bridgehead atoms. The number of hydrogen-bond acceptors (Lipinski definition) is 5. The standard InChI is InChI=1S/C44H57N7O3/c52-42(49-21-17-38(18-22-49)48-28-26-47(27-29-48)32-33-8-2-1-3-9-33)41(31-34-14-15-35-10-4-5-12-37(35)30-34)46-43(53)50-23-19-39(20-24-50)51-25-16-36-11-6-7-13-40(36)45-44(51)54/h1-3,6-9,11,13-15,30,38-39,41H,4-5,10,12,16-29,31-32H2,(H,45,54)(H,46,53)/t41-/m1/s1. The summed E-state index contributed by atoms with van der Waals surface area (Å²) < 4.78 is 0. The number of carbonyl (C=O) groups excluding carboxylic acids is 3. The number of benzene rings is 3. The Hall–Kier alpha value is -4.41.